The fraction of sp³-hybridized carbons (Fsp3) is 0.435. The van der Waals surface area contributed by atoms with E-state index in [4.69, 9.17) is 4.74 Å². The van der Waals surface area contributed by atoms with Crippen LogP contribution >= 0.6 is 0 Å². The first-order chi connectivity index (χ1) is 53.5. The number of hydrogen-bond donors (Lipinski definition) is 8. The van der Waals surface area contributed by atoms with Gasteiger partial charge in [-0.15, -0.1) is 0 Å². The molecule has 3 atom stereocenters. The van der Waals surface area contributed by atoms with Crippen molar-refractivity contribution in [1.29, 1.82) is 0 Å². The van der Waals surface area contributed by atoms with E-state index < -0.39 is 68.2 Å². The number of amides is 1. The summed E-state index contributed by atoms with van der Waals surface area (Å²) < 4.78 is 43.2. The van der Waals surface area contributed by atoms with Crippen molar-refractivity contribution in [3.8, 4) is 17.2 Å². The molecule has 3 unspecified atom stereocenters. The first kappa shape index (κ1) is 87.8. The lowest BCUT2D eigenvalue weighted by atomic mass is 9.81. The maximum atomic E-state index is 15.1. The molecule has 602 valence electrons. The summed E-state index contributed by atoms with van der Waals surface area (Å²) in [5.74, 6) is -4.50. The van der Waals surface area contributed by atoms with Gasteiger partial charge in [0.25, 0.3) is 0 Å². The second kappa shape index (κ2) is 43.3. The zero-order valence-corrected chi connectivity index (χ0v) is 67.8. The van der Waals surface area contributed by atoms with Crippen molar-refractivity contribution in [3.05, 3.63) is 182 Å². The SMILES string of the molecule is CCN(CC)CCCC(C)NC(=O)CCN1CCCc2cc(C=Cc3cc[n+](CCCNCC(O)COc4cccc5ccccc45)c4ccccc34)ccc21.CCN(CC)CCCC(C)Nc1ccc([N+](=O)[O-])c2nonc12.CN(C)CCNc1c(F)c(F)c(NCCN(C)C)c2c1C(=O)c1c(O)ccc(O)c1C2=O.[Br-]. The highest BCUT2D eigenvalue weighted by molar-refractivity contribution is 6.33. The van der Waals surface area contributed by atoms with E-state index in [1.807, 2.05) is 30.3 Å². The summed E-state index contributed by atoms with van der Waals surface area (Å²) in [5.41, 5.74) is 4.85. The van der Waals surface area contributed by atoms with Crippen LogP contribution in [-0.4, -0.2) is 212 Å². The number of halogens is 3. The van der Waals surface area contributed by atoms with Crippen LogP contribution in [0, 0.1) is 21.7 Å². The molecule has 112 heavy (non-hydrogen) atoms. The smallest absolute Gasteiger partial charge is 0.300 e. The van der Waals surface area contributed by atoms with Gasteiger partial charge >= 0.3 is 5.69 Å². The molecular formula is C85H111BrF2N14O10. The number of phenolic OH excluding ortho intramolecular Hbond substituents is 2. The van der Waals surface area contributed by atoms with Crippen LogP contribution in [0.25, 0.3) is 44.9 Å². The lowest BCUT2D eigenvalue weighted by Gasteiger charge is -2.31. The monoisotopic (exact) mass is 1600 g/mol. The lowest BCUT2D eigenvalue weighted by Crippen LogP contribution is -3.00. The van der Waals surface area contributed by atoms with Crippen molar-refractivity contribution in [2.45, 2.75) is 118 Å². The number of para-hydroxylation sites is 1. The number of likely N-dealkylation sites (N-methyl/N-ethyl adjacent to an activating group) is 2. The molecule has 2 aromatic heterocycles. The molecule has 24 nitrogen and oxygen atoms in total. The molecular weight excluding hydrogens is 1490 g/mol. The Hall–Kier alpha value is -9.74. The molecule has 0 fully saturated rings. The van der Waals surface area contributed by atoms with Crippen LogP contribution in [0.4, 0.5) is 37.2 Å². The van der Waals surface area contributed by atoms with E-state index in [1.165, 1.54) is 39.3 Å². The van der Waals surface area contributed by atoms with Gasteiger partial charge in [0.1, 0.15) is 36.5 Å². The zero-order chi connectivity index (χ0) is 79.7. The van der Waals surface area contributed by atoms with E-state index in [1.54, 1.807) is 44.1 Å². The molecule has 2 aliphatic rings. The minimum Gasteiger partial charge on any atom is -1.00 e. The number of carbonyl (C=O) groups is 3. The van der Waals surface area contributed by atoms with E-state index in [-0.39, 0.29) is 77.0 Å². The first-order valence-corrected chi connectivity index (χ1v) is 38.9. The van der Waals surface area contributed by atoms with Crippen molar-refractivity contribution in [3.63, 3.8) is 0 Å². The quantitative estimate of drug-likeness (QED) is 0.00587. The number of aliphatic hydroxyl groups is 1. The second-order valence-corrected chi connectivity index (χ2v) is 28.8. The molecule has 8 N–H and O–H groups in total. The van der Waals surface area contributed by atoms with Crippen LogP contribution in [0.15, 0.2) is 126 Å². The van der Waals surface area contributed by atoms with Gasteiger partial charge in [-0.25, -0.2) is 13.4 Å². The van der Waals surface area contributed by atoms with Crippen molar-refractivity contribution in [1.82, 2.24) is 40.5 Å². The number of aromatic hydroxyl groups is 2. The number of ether oxygens (including phenoxy) is 1. The van der Waals surface area contributed by atoms with Gasteiger partial charge in [0.2, 0.25) is 28.5 Å². The Morgan fingerprint density at radius 2 is 1.31 bits per heavy atom. The maximum Gasteiger partial charge on any atom is 0.300 e. The summed E-state index contributed by atoms with van der Waals surface area (Å²) in [6.45, 7) is 24.8. The number of nitro groups is 1. The third kappa shape index (κ3) is 23.4. The number of anilines is 4. The van der Waals surface area contributed by atoms with E-state index in [2.05, 4.69) is 181 Å². The Morgan fingerprint density at radius 1 is 0.714 bits per heavy atom. The number of carbonyl (C=O) groups excluding carboxylic acids is 3. The van der Waals surface area contributed by atoms with E-state index >= 15 is 8.78 Å². The average Bonchev–Trinajstić information content (AvgIpc) is 1.74. The van der Waals surface area contributed by atoms with E-state index in [9.17, 15) is 39.8 Å². The second-order valence-electron chi connectivity index (χ2n) is 28.8. The van der Waals surface area contributed by atoms with Crippen LogP contribution in [-0.2, 0) is 17.8 Å². The Kier molecular flexibility index (Phi) is 34.0. The molecule has 3 heterocycles. The number of aromatic nitrogens is 3. The molecule has 0 bridgehead atoms. The molecule has 1 aliphatic carbocycles. The summed E-state index contributed by atoms with van der Waals surface area (Å²) in [4.78, 5) is 60.8. The van der Waals surface area contributed by atoms with E-state index in [0.29, 0.717) is 37.3 Å². The summed E-state index contributed by atoms with van der Waals surface area (Å²) in [6.07, 6.45) is 13.9. The fourth-order valence-electron chi connectivity index (χ4n) is 14.1. The number of non-ortho nitro benzene ring substituents is 1. The molecule has 0 saturated heterocycles. The third-order valence-corrected chi connectivity index (χ3v) is 20.2. The number of aryl methyl sites for hydroxylation is 2. The Bertz CT molecular complexity index is 4560. The number of pyridine rings is 1. The lowest BCUT2D eigenvalue weighted by molar-refractivity contribution is -0.671. The van der Waals surface area contributed by atoms with Crippen molar-refractivity contribution in [2.24, 2.45) is 0 Å². The first-order valence-electron chi connectivity index (χ1n) is 38.9. The minimum absolute atomic E-state index is 0. The number of hydrogen-bond acceptors (Lipinski definition) is 21. The molecule has 7 aromatic carbocycles. The summed E-state index contributed by atoms with van der Waals surface area (Å²) in [6, 6.07) is 37.4. The Labute approximate surface area is 666 Å². The molecule has 0 spiro atoms. The van der Waals surface area contributed by atoms with Crippen LogP contribution in [0.5, 0.6) is 17.2 Å². The number of benzene rings is 7. The average molecular weight is 1610 g/mol. The van der Waals surface area contributed by atoms with Gasteiger partial charge in [0.05, 0.1) is 49.6 Å². The van der Waals surface area contributed by atoms with E-state index in [0.717, 1.165) is 139 Å². The van der Waals surface area contributed by atoms with Crippen LogP contribution in [0.3, 0.4) is 0 Å². The highest BCUT2D eigenvalue weighted by Gasteiger charge is 2.41. The van der Waals surface area contributed by atoms with Gasteiger partial charge in [-0.1, -0.05) is 94.4 Å². The van der Waals surface area contributed by atoms with Gasteiger partial charge < -0.3 is 88.1 Å². The Balaban J connectivity index is 0.000000236. The van der Waals surface area contributed by atoms with Crippen molar-refractivity contribution >= 4 is 90.8 Å². The van der Waals surface area contributed by atoms with Gasteiger partial charge in [0, 0.05) is 107 Å². The van der Waals surface area contributed by atoms with Crippen molar-refractivity contribution < 1.29 is 74.3 Å². The molecule has 11 rings (SSSR count). The van der Waals surface area contributed by atoms with Crippen molar-refractivity contribution in [2.75, 3.05) is 147 Å². The molecule has 27 heteroatoms. The van der Waals surface area contributed by atoms with Crippen LogP contribution in [0.2, 0.25) is 0 Å². The predicted octanol–water partition coefficient (Wildman–Crippen LogP) is 9.80. The Morgan fingerprint density at radius 3 is 1.94 bits per heavy atom. The van der Waals surface area contributed by atoms with Gasteiger partial charge in [-0.05, 0) is 195 Å². The van der Waals surface area contributed by atoms with Gasteiger partial charge in [0.15, 0.2) is 23.3 Å². The highest BCUT2D eigenvalue weighted by Crippen LogP contribution is 2.45. The molecule has 0 radical (unpaired) electrons. The molecule has 9 aromatic rings. The van der Waals surface area contributed by atoms with Crippen LogP contribution < -0.4 is 57.8 Å². The number of nitrogens with zero attached hydrogens (tertiary/aromatic N) is 9. The molecule has 0 saturated carbocycles. The number of rotatable bonds is 38. The minimum atomic E-state index is -1.31. The van der Waals surface area contributed by atoms with Gasteiger partial charge in [-0.2, -0.15) is 4.57 Å². The molecule has 1 aliphatic heterocycles. The highest BCUT2D eigenvalue weighted by atomic mass is 79.9. The topological polar surface area (TPSA) is 283 Å². The number of aliphatic hydroxyl groups excluding tert-OH is 1. The third-order valence-electron chi connectivity index (χ3n) is 20.2. The number of phenols is 2. The number of nitro benzene ring substituents is 1. The normalized spacial score (nSPS) is 13.3. The number of nitrogens with one attached hydrogen (secondary N) is 5. The number of ketones is 2. The predicted molar refractivity (Wildman–Crippen MR) is 438 cm³/mol. The summed E-state index contributed by atoms with van der Waals surface area (Å²) in [7, 11) is 7.16. The standard InChI is InChI=1S/C48H61N5O3.C22H26F2N4O4.C15H23N5O3.BrH/c1-4-51(5-2)29-11-14-37(3)50-48(55)27-33-52-30-12-17-41-34-38(23-25-45(41)52)22-24-40-26-32-53(46-20-9-8-18-43(40)46)31-13-28-49-35-42(54)36-56-47-21-10-16-39-15-6-7-19-44(39)47;1-27(2)9-7-25-19-15-16(20(18(24)17(19)23)26-8-10-28(3)4)22(32)14-12(30)6-5-11(29)13(14)21(15)31;1-4-19(5-2)10-6-7-11(3)16-12-8-9-13(20(21)22)15-14(12)17-23-18-15;/h6-10,15-16,18-26,32,34,37,42,49,54H,4-5,11-14,17,27-31,33,35-36H2,1-3H3;5-6,25-26,29-30H,7-10H2,1-4H3;8-9,11,16H,4-7,10H2,1-3H3;1H. The fourth-order valence-corrected chi connectivity index (χ4v) is 14.1. The maximum absolute atomic E-state index is 15.1. The largest absolute Gasteiger partial charge is 1.00 e. The summed E-state index contributed by atoms with van der Waals surface area (Å²) in [5, 5.41) is 68.3. The number of fused-ring (bicyclic) bond motifs is 6. The molecule has 1 amide bonds. The van der Waals surface area contributed by atoms with Crippen LogP contribution in [0.1, 0.15) is 135 Å². The zero-order valence-electron chi connectivity index (χ0n) is 66.3. The van der Waals surface area contributed by atoms with Gasteiger partial charge in [-0.3, -0.25) is 24.5 Å². The summed E-state index contributed by atoms with van der Waals surface area (Å²) >= 11 is 0.